The number of aromatic nitrogens is 3. The number of aryl methyl sites for hydroxylation is 1. The van der Waals surface area contributed by atoms with Crippen molar-refractivity contribution in [3.8, 4) is 11.4 Å². The summed E-state index contributed by atoms with van der Waals surface area (Å²) in [6, 6.07) is 13.3. The highest BCUT2D eigenvalue weighted by atomic mass is 79.9. The van der Waals surface area contributed by atoms with Gasteiger partial charge in [-0.25, -0.2) is 0 Å². The summed E-state index contributed by atoms with van der Waals surface area (Å²) >= 11 is 10.7. The number of halogens is 2. The highest BCUT2D eigenvalue weighted by Gasteiger charge is 2.13. The first-order valence-electron chi connectivity index (χ1n) is 7.78. The van der Waals surface area contributed by atoms with Crippen LogP contribution in [0.15, 0.2) is 52.1 Å². The van der Waals surface area contributed by atoms with Crippen molar-refractivity contribution in [3.05, 3.63) is 57.5 Å². The van der Waals surface area contributed by atoms with Crippen molar-refractivity contribution in [1.29, 1.82) is 0 Å². The van der Waals surface area contributed by atoms with Crippen LogP contribution in [0.5, 0.6) is 0 Å². The Labute approximate surface area is 169 Å². The molecule has 0 aliphatic heterocycles. The zero-order valence-corrected chi connectivity index (χ0v) is 17.3. The molecule has 26 heavy (non-hydrogen) atoms. The maximum Gasteiger partial charge on any atom is 0.234 e. The van der Waals surface area contributed by atoms with Crippen LogP contribution in [0.4, 0.5) is 5.69 Å². The topological polar surface area (TPSA) is 59.8 Å². The third-order valence-electron chi connectivity index (χ3n) is 3.74. The Hall–Kier alpha value is -1.83. The second kappa shape index (κ2) is 8.24. The molecule has 8 heteroatoms. The molecular formula is C18H16BrClN4OS. The first-order valence-corrected chi connectivity index (χ1v) is 9.94. The van der Waals surface area contributed by atoms with Crippen LogP contribution < -0.4 is 5.32 Å². The van der Waals surface area contributed by atoms with Gasteiger partial charge < -0.3 is 9.88 Å². The number of hydrogen-bond donors (Lipinski definition) is 1. The fourth-order valence-electron chi connectivity index (χ4n) is 2.34. The van der Waals surface area contributed by atoms with Gasteiger partial charge in [0.05, 0.1) is 5.75 Å². The zero-order chi connectivity index (χ0) is 18.7. The SMILES string of the molecule is Cc1ccc(Cl)cc1NC(=O)CSc1nnc(-c2ccc(Br)cc2)n1C. The summed E-state index contributed by atoms with van der Waals surface area (Å²) in [6.45, 7) is 1.92. The average Bonchev–Trinajstić information content (AvgIpc) is 2.98. The molecule has 0 unspecified atom stereocenters. The molecule has 0 spiro atoms. The molecule has 0 atom stereocenters. The van der Waals surface area contributed by atoms with Crippen LogP contribution in [0, 0.1) is 6.92 Å². The molecule has 3 aromatic rings. The number of hydrogen-bond acceptors (Lipinski definition) is 4. The van der Waals surface area contributed by atoms with Gasteiger partial charge in [-0.1, -0.05) is 57.5 Å². The number of nitrogens with zero attached hydrogens (tertiary/aromatic N) is 3. The molecule has 0 saturated carbocycles. The van der Waals surface area contributed by atoms with Gasteiger partial charge in [0.15, 0.2) is 11.0 Å². The van der Waals surface area contributed by atoms with E-state index < -0.39 is 0 Å². The maximum atomic E-state index is 12.2. The number of carbonyl (C=O) groups is 1. The molecule has 1 N–H and O–H groups in total. The van der Waals surface area contributed by atoms with Crippen molar-refractivity contribution >= 4 is 50.9 Å². The predicted molar refractivity (Wildman–Crippen MR) is 110 cm³/mol. The van der Waals surface area contributed by atoms with Crippen LogP contribution in [0.25, 0.3) is 11.4 Å². The molecule has 3 rings (SSSR count). The van der Waals surface area contributed by atoms with E-state index in [0.29, 0.717) is 10.2 Å². The summed E-state index contributed by atoms with van der Waals surface area (Å²) in [5.41, 5.74) is 2.65. The molecular weight excluding hydrogens is 436 g/mol. The summed E-state index contributed by atoms with van der Waals surface area (Å²) in [7, 11) is 1.89. The first kappa shape index (κ1) is 18.9. The van der Waals surface area contributed by atoms with E-state index in [4.69, 9.17) is 11.6 Å². The molecule has 0 aliphatic carbocycles. The van der Waals surface area contributed by atoms with Gasteiger partial charge in [-0.3, -0.25) is 4.79 Å². The number of thioether (sulfide) groups is 1. The van der Waals surface area contributed by atoms with Crippen molar-refractivity contribution in [2.45, 2.75) is 12.1 Å². The maximum absolute atomic E-state index is 12.2. The number of amides is 1. The Morgan fingerprint density at radius 2 is 1.96 bits per heavy atom. The molecule has 1 aromatic heterocycles. The molecule has 2 aromatic carbocycles. The minimum atomic E-state index is -0.117. The Morgan fingerprint density at radius 1 is 1.23 bits per heavy atom. The summed E-state index contributed by atoms with van der Waals surface area (Å²) in [5.74, 6) is 0.873. The van der Waals surface area contributed by atoms with Gasteiger partial charge in [0.2, 0.25) is 5.91 Å². The molecule has 0 bridgehead atoms. The molecule has 0 aliphatic rings. The van der Waals surface area contributed by atoms with Gasteiger partial charge >= 0.3 is 0 Å². The molecule has 5 nitrogen and oxygen atoms in total. The standard InChI is InChI=1S/C18H16BrClN4OS/c1-11-3-8-14(20)9-15(11)21-16(25)10-26-18-23-22-17(24(18)2)12-4-6-13(19)7-5-12/h3-9H,10H2,1-2H3,(H,21,25). The van der Waals surface area contributed by atoms with Crippen LogP contribution in [0.1, 0.15) is 5.56 Å². The lowest BCUT2D eigenvalue weighted by atomic mass is 10.2. The van der Waals surface area contributed by atoms with Crippen molar-refractivity contribution in [3.63, 3.8) is 0 Å². The molecule has 134 valence electrons. The van der Waals surface area contributed by atoms with Crippen LogP contribution in [-0.2, 0) is 11.8 Å². The van der Waals surface area contributed by atoms with Gasteiger partial charge in [0.25, 0.3) is 0 Å². The molecule has 1 amide bonds. The highest BCUT2D eigenvalue weighted by Crippen LogP contribution is 2.25. The quantitative estimate of drug-likeness (QED) is 0.558. The van der Waals surface area contributed by atoms with E-state index in [1.807, 2.05) is 48.9 Å². The van der Waals surface area contributed by atoms with Gasteiger partial charge in [-0.15, -0.1) is 10.2 Å². The second-order valence-electron chi connectivity index (χ2n) is 5.67. The highest BCUT2D eigenvalue weighted by molar-refractivity contribution is 9.10. The Morgan fingerprint density at radius 3 is 2.69 bits per heavy atom. The lowest BCUT2D eigenvalue weighted by Crippen LogP contribution is -2.15. The Kier molecular flexibility index (Phi) is 6.01. The van der Waals surface area contributed by atoms with E-state index in [1.165, 1.54) is 11.8 Å². The van der Waals surface area contributed by atoms with Crippen LogP contribution in [-0.4, -0.2) is 26.4 Å². The minimum absolute atomic E-state index is 0.117. The zero-order valence-electron chi connectivity index (χ0n) is 14.2. The molecule has 0 radical (unpaired) electrons. The van der Waals surface area contributed by atoms with Gasteiger partial charge in [0.1, 0.15) is 0 Å². The number of rotatable bonds is 5. The predicted octanol–water partition coefficient (Wildman–Crippen LogP) is 4.94. The fraction of sp³-hybridized carbons (Fsp3) is 0.167. The lowest BCUT2D eigenvalue weighted by Gasteiger charge is -2.08. The second-order valence-corrected chi connectivity index (χ2v) is 7.96. The Bertz CT molecular complexity index is 943. The monoisotopic (exact) mass is 450 g/mol. The number of nitrogens with one attached hydrogen (secondary N) is 1. The largest absolute Gasteiger partial charge is 0.325 e. The lowest BCUT2D eigenvalue weighted by molar-refractivity contribution is -0.113. The van der Waals surface area contributed by atoms with Crippen molar-refractivity contribution < 1.29 is 4.79 Å². The van der Waals surface area contributed by atoms with E-state index in [0.717, 1.165) is 27.1 Å². The third kappa shape index (κ3) is 4.47. The summed E-state index contributed by atoms with van der Waals surface area (Å²) in [4.78, 5) is 12.2. The van der Waals surface area contributed by atoms with Crippen LogP contribution in [0.2, 0.25) is 5.02 Å². The van der Waals surface area contributed by atoms with Gasteiger partial charge in [-0.05, 0) is 36.8 Å². The van der Waals surface area contributed by atoms with E-state index in [-0.39, 0.29) is 11.7 Å². The molecule has 0 saturated heterocycles. The van der Waals surface area contributed by atoms with E-state index in [2.05, 4.69) is 31.4 Å². The molecule has 0 fully saturated rings. The molecule has 1 heterocycles. The van der Waals surface area contributed by atoms with E-state index >= 15 is 0 Å². The summed E-state index contributed by atoms with van der Waals surface area (Å²) in [6.07, 6.45) is 0. The van der Waals surface area contributed by atoms with E-state index in [1.54, 1.807) is 12.1 Å². The van der Waals surface area contributed by atoms with Gasteiger partial charge in [0, 0.05) is 27.8 Å². The number of benzene rings is 2. The Balaban J connectivity index is 1.65. The van der Waals surface area contributed by atoms with Crippen molar-refractivity contribution in [2.75, 3.05) is 11.1 Å². The van der Waals surface area contributed by atoms with Crippen LogP contribution >= 0.6 is 39.3 Å². The normalized spacial score (nSPS) is 10.8. The van der Waals surface area contributed by atoms with Gasteiger partial charge in [-0.2, -0.15) is 0 Å². The van der Waals surface area contributed by atoms with Crippen molar-refractivity contribution in [2.24, 2.45) is 7.05 Å². The van der Waals surface area contributed by atoms with Crippen molar-refractivity contribution in [1.82, 2.24) is 14.8 Å². The third-order valence-corrected chi connectivity index (χ3v) is 5.53. The smallest absolute Gasteiger partial charge is 0.234 e. The summed E-state index contributed by atoms with van der Waals surface area (Å²) in [5, 5.41) is 12.6. The average molecular weight is 452 g/mol. The number of carbonyl (C=O) groups excluding carboxylic acids is 1. The first-order chi connectivity index (χ1) is 12.4. The minimum Gasteiger partial charge on any atom is -0.325 e. The summed E-state index contributed by atoms with van der Waals surface area (Å²) < 4.78 is 2.89. The van der Waals surface area contributed by atoms with E-state index in [9.17, 15) is 4.79 Å². The number of anilines is 1. The van der Waals surface area contributed by atoms with Crippen LogP contribution in [0.3, 0.4) is 0 Å². The fourth-order valence-corrected chi connectivity index (χ4v) is 3.48.